The molecule has 100 valence electrons. The average molecular weight is 255 g/mol. The van der Waals surface area contributed by atoms with Crippen LogP contribution in [0.15, 0.2) is 12.1 Å². The second-order valence-corrected chi connectivity index (χ2v) is 4.18. The van der Waals surface area contributed by atoms with Crippen LogP contribution < -0.4 is 15.4 Å². The number of aliphatic hydroxyl groups excluding tert-OH is 3. The highest BCUT2D eigenvalue weighted by molar-refractivity contribution is 5.55. The lowest BCUT2D eigenvalue weighted by Crippen LogP contribution is -2.22. The maximum atomic E-state index is 9.49. The first-order valence-corrected chi connectivity index (χ1v) is 5.73. The molecule has 1 aromatic rings. The number of nitrogens with two attached hydrogens (primary N) is 1. The predicted molar refractivity (Wildman–Crippen MR) is 65.5 cm³/mol. The number of rotatable bonds is 4. The van der Waals surface area contributed by atoms with Crippen molar-refractivity contribution in [2.45, 2.75) is 12.2 Å². The van der Waals surface area contributed by atoms with Crippen molar-refractivity contribution in [2.24, 2.45) is 0 Å². The molecule has 0 saturated carbocycles. The molecule has 2 heterocycles. The fourth-order valence-electron chi connectivity index (χ4n) is 1.83. The fourth-order valence-corrected chi connectivity index (χ4v) is 1.83. The van der Waals surface area contributed by atoms with Crippen LogP contribution in [-0.2, 0) is 0 Å². The molecule has 2 atom stereocenters. The summed E-state index contributed by atoms with van der Waals surface area (Å²) >= 11 is 0. The van der Waals surface area contributed by atoms with Crippen LogP contribution in [0.5, 0.6) is 5.88 Å². The lowest BCUT2D eigenvalue weighted by Gasteiger charge is -2.17. The van der Waals surface area contributed by atoms with Crippen molar-refractivity contribution in [3.8, 4) is 5.88 Å². The van der Waals surface area contributed by atoms with Gasteiger partial charge in [0, 0.05) is 13.1 Å². The van der Waals surface area contributed by atoms with Crippen LogP contribution in [0, 0.1) is 0 Å². The van der Waals surface area contributed by atoms with Gasteiger partial charge in [-0.2, -0.15) is 4.98 Å². The summed E-state index contributed by atoms with van der Waals surface area (Å²) in [4.78, 5) is 5.96. The van der Waals surface area contributed by atoms with Gasteiger partial charge in [-0.05, 0) is 12.1 Å². The van der Waals surface area contributed by atoms with E-state index in [1.807, 2.05) is 0 Å². The van der Waals surface area contributed by atoms with Gasteiger partial charge >= 0.3 is 0 Å². The van der Waals surface area contributed by atoms with E-state index in [1.54, 1.807) is 17.0 Å². The number of aliphatic hydroxyl groups is 3. The minimum absolute atomic E-state index is 0.117. The third kappa shape index (κ3) is 2.63. The molecule has 0 amide bonds. The molecule has 1 aliphatic rings. The molecular formula is C11H17N3O4. The van der Waals surface area contributed by atoms with Crippen LogP contribution in [0.25, 0.3) is 0 Å². The monoisotopic (exact) mass is 255 g/mol. The number of aromatic nitrogens is 1. The third-order valence-electron chi connectivity index (χ3n) is 2.79. The van der Waals surface area contributed by atoms with Crippen molar-refractivity contribution in [2.75, 3.05) is 36.9 Å². The van der Waals surface area contributed by atoms with E-state index in [0.717, 1.165) is 0 Å². The van der Waals surface area contributed by atoms with Gasteiger partial charge in [-0.15, -0.1) is 0 Å². The summed E-state index contributed by atoms with van der Waals surface area (Å²) in [5.74, 6) is 0.824. The van der Waals surface area contributed by atoms with Crippen molar-refractivity contribution < 1.29 is 20.1 Å². The van der Waals surface area contributed by atoms with Crippen molar-refractivity contribution in [1.29, 1.82) is 0 Å². The normalized spacial score (nSPS) is 23.4. The number of β-amino-alcohol motifs (C(OH)–C–C–N with tert-alkyl or cyclic N) is 2. The van der Waals surface area contributed by atoms with Crippen molar-refractivity contribution >= 4 is 11.5 Å². The number of anilines is 2. The Morgan fingerprint density at radius 3 is 2.61 bits per heavy atom. The maximum Gasteiger partial charge on any atom is 0.239 e. The summed E-state index contributed by atoms with van der Waals surface area (Å²) in [7, 11) is 0. The molecule has 7 heteroatoms. The number of nitrogens with zero attached hydrogens (tertiary/aromatic N) is 2. The predicted octanol–water partition coefficient (Wildman–Crippen LogP) is -1.42. The molecule has 1 fully saturated rings. The minimum Gasteiger partial charge on any atom is -0.474 e. The highest BCUT2D eigenvalue weighted by atomic mass is 16.5. The van der Waals surface area contributed by atoms with E-state index >= 15 is 0 Å². The fraction of sp³-hybridized carbons (Fsp3) is 0.545. The van der Waals surface area contributed by atoms with E-state index in [4.69, 9.17) is 15.6 Å². The quantitative estimate of drug-likeness (QED) is 0.522. The standard InChI is InChI=1S/C11H17N3O4/c12-7-1-2-10(13-11(7)18-4-3-15)14-5-8(16)9(17)6-14/h1-2,8-9,15-17H,3-6,12H2. The molecule has 5 N–H and O–H groups in total. The molecule has 1 saturated heterocycles. The Morgan fingerprint density at radius 2 is 2.00 bits per heavy atom. The molecule has 0 bridgehead atoms. The molecule has 0 radical (unpaired) electrons. The molecule has 1 aliphatic heterocycles. The van der Waals surface area contributed by atoms with Gasteiger partial charge in [0.25, 0.3) is 0 Å². The molecular weight excluding hydrogens is 238 g/mol. The van der Waals surface area contributed by atoms with E-state index < -0.39 is 12.2 Å². The lowest BCUT2D eigenvalue weighted by atomic mass is 10.3. The third-order valence-corrected chi connectivity index (χ3v) is 2.79. The molecule has 0 aromatic carbocycles. The summed E-state index contributed by atoms with van der Waals surface area (Å²) in [5.41, 5.74) is 6.08. The molecule has 0 spiro atoms. The van der Waals surface area contributed by atoms with Gasteiger partial charge in [0.2, 0.25) is 5.88 Å². The molecule has 2 rings (SSSR count). The Hall–Kier alpha value is -1.57. The smallest absolute Gasteiger partial charge is 0.239 e. The highest BCUT2D eigenvalue weighted by Gasteiger charge is 2.30. The summed E-state index contributed by atoms with van der Waals surface area (Å²) in [6, 6.07) is 3.35. The zero-order valence-electron chi connectivity index (χ0n) is 9.86. The van der Waals surface area contributed by atoms with Gasteiger partial charge in [-0.1, -0.05) is 0 Å². The average Bonchev–Trinajstić information content (AvgIpc) is 2.69. The number of ether oxygens (including phenoxy) is 1. The first-order chi connectivity index (χ1) is 8.61. The second-order valence-electron chi connectivity index (χ2n) is 4.18. The van der Waals surface area contributed by atoms with Crippen LogP contribution in [0.4, 0.5) is 11.5 Å². The van der Waals surface area contributed by atoms with Gasteiger partial charge in [0.1, 0.15) is 12.4 Å². The van der Waals surface area contributed by atoms with Crippen LogP contribution in [0.2, 0.25) is 0 Å². The van der Waals surface area contributed by atoms with Gasteiger partial charge < -0.3 is 30.7 Å². The van der Waals surface area contributed by atoms with Crippen LogP contribution in [0.3, 0.4) is 0 Å². The Balaban J connectivity index is 2.14. The summed E-state index contributed by atoms with van der Waals surface area (Å²) < 4.78 is 5.20. The SMILES string of the molecule is Nc1ccc(N2CC(O)C(O)C2)nc1OCCO. The zero-order chi connectivity index (χ0) is 13.1. The second kappa shape index (κ2) is 5.38. The molecule has 0 aliphatic carbocycles. The topological polar surface area (TPSA) is 112 Å². The summed E-state index contributed by atoms with van der Waals surface area (Å²) in [6.07, 6.45) is -1.54. The first-order valence-electron chi connectivity index (χ1n) is 5.73. The Labute approximate surface area is 104 Å². The zero-order valence-corrected chi connectivity index (χ0v) is 9.86. The molecule has 2 unspecified atom stereocenters. The Kier molecular flexibility index (Phi) is 3.85. The number of hydrogen-bond acceptors (Lipinski definition) is 7. The van der Waals surface area contributed by atoms with Crippen molar-refractivity contribution in [1.82, 2.24) is 4.98 Å². The van der Waals surface area contributed by atoms with E-state index in [-0.39, 0.29) is 19.1 Å². The van der Waals surface area contributed by atoms with Gasteiger partial charge in [0.05, 0.1) is 24.5 Å². The Morgan fingerprint density at radius 1 is 1.33 bits per heavy atom. The lowest BCUT2D eigenvalue weighted by molar-refractivity contribution is 0.0572. The van der Waals surface area contributed by atoms with E-state index in [0.29, 0.717) is 24.6 Å². The van der Waals surface area contributed by atoms with Gasteiger partial charge in [-0.25, -0.2) is 0 Å². The summed E-state index contributed by atoms with van der Waals surface area (Å²) in [6.45, 7) is 0.632. The van der Waals surface area contributed by atoms with E-state index in [9.17, 15) is 10.2 Å². The molecule has 1 aromatic heterocycles. The van der Waals surface area contributed by atoms with E-state index in [2.05, 4.69) is 4.98 Å². The molecule has 7 nitrogen and oxygen atoms in total. The number of nitrogen functional groups attached to an aromatic ring is 1. The van der Waals surface area contributed by atoms with Crippen LogP contribution in [0.1, 0.15) is 0 Å². The maximum absolute atomic E-state index is 9.49. The number of hydrogen-bond donors (Lipinski definition) is 4. The van der Waals surface area contributed by atoms with Crippen LogP contribution in [-0.4, -0.2) is 58.8 Å². The van der Waals surface area contributed by atoms with Crippen molar-refractivity contribution in [3.05, 3.63) is 12.1 Å². The number of pyridine rings is 1. The van der Waals surface area contributed by atoms with Gasteiger partial charge in [-0.3, -0.25) is 0 Å². The van der Waals surface area contributed by atoms with Gasteiger partial charge in [0.15, 0.2) is 0 Å². The molecule has 18 heavy (non-hydrogen) atoms. The Bertz CT molecular complexity index is 405. The van der Waals surface area contributed by atoms with Crippen LogP contribution >= 0.6 is 0 Å². The first kappa shape index (κ1) is 12.9. The van der Waals surface area contributed by atoms with E-state index in [1.165, 1.54) is 0 Å². The minimum atomic E-state index is -0.772. The largest absolute Gasteiger partial charge is 0.474 e. The van der Waals surface area contributed by atoms with Crippen molar-refractivity contribution in [3.63, 3.8) is 0 Å². The highest BCUT2D eigenvalue weighted by Crippen LogP contribution is 2.25. The summed E-state index contributed by atoms with van der Waals surface area (Å²) in [5, 5.41) is 27.7.